The Hall–Kier alpha value is 0.210. The summed E-state index contributed by atoms with van der Waals surface area (Å²) in [4.78, 5) is 0. The molecule has 3 heteroatoms. The van der Waals surface area contributed by atoms with E-state index in [4.69, 9.17) is 21.1 Å². The first-order valence-electron chi connectivity index (χ1n) is 7.63. The third kappa shape index (κ3) is 2.86. The highest BCUT2D eigenvalue weighted by Gasteiger charge is 2.41. The Morgan fingerprint density at radius 3 is 2.56 bits per heavy atom. The van der Waals surface area contributed by atoms with E-state index in [1.807, 2.05) is 0 Å². The Kier molecular flexibility index (Phi) is 4.17. The number of rotatable bonds is 1. The average molecular weight is 273 g/mol. The van der Waals surface area contributed by atoms with Crippen molar-refractivity contribution >= 4 is 11.6 Å². The van der Waals surface area contributed by atoms with Crippen LogP contribution in [-0.2, 0) is 9.47 Å². The Bertz CT molecular complexity index is 270. The molecule has 1 aliphatic carbocycles. The second kappa shape index (κ2) is 5.68. The maximum atomic E-state index is 6.36. The molecule has 18 heavy (non-hydrogen) atoms. The van der Waals surface area contributed by atoms with Gasteiger partial charge in [-0.25, -0.2) is 0 Å². The quantitative estimate of drug-likeness (QED) is 0.677. The van der Waals surface area contributed by atoms with E-state index in [1.165, 1.54) is 38.5 Å². The fourth-order valence-electron chi connectivity index (χ4n) is 4.15. The lowest BCUT2D eigenvalue weighted by Crippen LogP contribution is -2.46. The van der Waals surface area contributed by atoms with Gasteiger partial charge < -0.3 is 9.47 Å². The van der Waals surface area contributed by atoms with Crippen LogP contribution in [0.2, 0.25) is 0 Å². The van der Waals surface area contributed by atoms with Crippen molar-refractivity contribution in [3.05, 3.63) is 0 Å². The standard InChI is InChI=1S/C15H25ClO2/c16-14-3-1-2-12(10-14)13-4-7-18-15(11-13)5-8-17-9-6-15/h12-14H,1-11H2. The number of ether oxygens (including phenoxy) is 2. The molecule has 0 aromatic rings. The van der Waals surface area contributed by atoms with E-state index in [2.05, 4.69) is 0 Å². The lowest BCUT2D eigenvalue weighted by molar-refractivity contribution is -0.153. The highest BCUT2D eigenvalue weighted by atomic mass is 35.5. The third-order valence-corrected chi connectivity index (χ3v) is 5.65. The van der Waals surface area contributed by atoms with Crippen LogP contribution in [0.25, 0.3) is 0 Å². The molecule has 0 aromatic heterocycles. The van der Waals surface area contributed by atoms with E-state index in [9.17, 15) is 0 Å². The summed E-state index contributed by atoms with van der Waals surface area (Å²) in [7, 11) is 0. The SMILES string of the molecule is ClC1CCCC(C2CCOC3(CCOCC3)C2)C1. The first-order chi connectivity index (χ1) is 8.77. The third-order valence-electron chi connectivity index (χ3n) is 5.25. The van der Waals surface area contributed by atoms with Gasteiger partial charge in [-0.15, -0.1) is 11.6 Å². The molecule has 3 fully saturated rings. The summed E-state index contributed by atoms with van der Waals surface area (Å²) >= 11 is 6.36. The maximum Gasteiger partial charge on any atom is 0.0729 e. The molecule has 0 bridgehead atoms. The van der Waals surface area contributed by atoms with Gasteiger partial charge in [0, 0.05) is 25.2 Å². The Balaban J connectivity index is 1.62. The van der Waals surface area contributed by atoms with Crippen LogP contribution >= 0.6 is 11.6 Å². The number of halogens is 1. The molecule has 0 amide bonds. The first kappa shape index (κ1) is 13.2. The van der Waals surface area contributed by atoms with Crippen LogP contribution in [0.5, 0.6) is 0 Å². The van der Waals surface area contributed by atoms with E-state index < -0.39 is 0 Å². The molecule has 0 radical (unpaired) electrons. The van der Waals surface area contributed by atoms with Crippen LogP contribution in [0.1, 0.15) is 51.4 Å². The molecule has 2 aliphatic heterocycles. The van der Waals surface area contributed by atoms with Gasteiger partial charge in [-0.05, 0) is 50.4 Å². The van der Waals surface area contributed by atoms with Crippen LogP contribution in [0.15, 0.2) is 0 Å². The maximum absolute atomic E-state index is 6.36. The van der Waals surface area contributed by atoms with Gasteiger partial charge in [0.05, 0.1) is 5.60 Å². The van der Waals surface area contributed by atoms with Crippen LogP contribution in [-0.4, -0.2) is 30.8 Å². The van der Waals surface area contributed by atoms with Crippen molar-refractivity contribution < 1.29 is 9.47 Å². The van der Waals surface area contributed by atoms with Gasteiger partial charge in [-0.2, -0.15) is 0 Å². The molecule has 3 atom stereocenters. The minimum Gasteiger partial charge on any atom is -0.381 e. The molecule has 0 N–H and O–H groups in total. The second-order valence-electron chi connectivity index (χ2n) is 6.42. The summed E-state index contributed by atoms with van der Waals surface area (Å²) in [6.07, 6.45) is 9.87. The average Bonchev–Trinajstić information content (AvgIpc) is 2.40. The van der Waals surface area contributed by atoms with Crippen molar-refractivity contribution in [2.75, 3.05) is 19.8 Å². The van der Waals surface area contributed by atoms with Crippen molar-refractivity contribution in [3.63, 3.8) is 0 Å². The van der Waals surface area contributed by atoms with Crippen LogP contribution in [0.3, 0.4) is 0 Å². The van der Waals surface area contributed by atoms with Crippen molar-refractivity contribution in [1.82, 2.24) is 0 Å². The van der Waals surface area contributed by atoms with Crippen molar-refractivity contribution in [3.8, 4) is 0 Å². The molecular formula is C15H25ClO2. The zero-order valence-corrected chi connectivity index (χ0v) is 12.0. The fraction of sp³-hybridized carbons (Fsp3) is 1.00. The minimum atomic E-state index is 0.153. The summed E-state index contributed by atoms with van der Waals surface area (Å²) in [5.74, 6) is 1.70. The van der Waals surface area contributed by atoms with E-state index >= 15 is 0 Å². The van der Waals surface area contributed by atoms with Crippen LogP contribution in [0.4, 0.5) is 0 Å². The van der Waals surface area contributed by atoms with E-state index in [1.54, 1.807) is 0 Å². The zero-order valence-electron chi connectivity index (χ0n) is 11.2. The van der Waals surface area contributed by atoms with Gasteiger partial charge in [-0.1, -0.05) is 12.8 Å². The molecule has 0 aromatic carbocycles. The Morgan fingerprint density at radius 2 is 1.78 bits per heavy atom. The topological polar surface area (TPSA) is 18.5 Å². The molecule has 2 saturated heterocycles. The number of hydrogen-bond donors (Lipinski definition) is 0. The van der Waals surface area contributed by atoms with Crippen molar-refractivity contribution in [2.24, 2.45) is 11.8 Å². The predicted molar refractivity (Wildman–Crippen MR) is 73.1 cm³/mol. The Labute approximate surface area is 115 Å². The van der Waals surface area contributed by atoms with Gasteiger partial charge in [0.2, 0.25) is 0 Å². The first-order valence-corrected chi connectivity index (χ1v) is 8.07. The van der Waals surface area contributed by atoms with Gasteiger partial charge in [0.25, 0.3) is 0 Å². The highest BCUT2D eigenvalue weighted by molar-refractivity contribution is 6.20. The van der Waals surface area contributed by atoms with E-state index in [0.29, 0.717) is 5.38 Å². The molecule has 1 saturated carbocycles. The molecule has 3 rings (SSSR count). The molecule has 3 unspecified atom stereocenters. The molecular weight excluding hydrogens is 248 g/mol. The summed E-state index contributed by atoms with van der Waals surface area (Å²) < 4.78 is 11.6. The molecule has 1 spiro atoms. The summed E-state index contributed by atoms with van der Waals surface area (Å²) in [6.45, 7) is 2.72. The van der Waals surface area contributed by atoms with Gasteiger partial charge in [-0.3, -0.25) is 0 Å². The Morgan fingerprint density at radius 1 is 0.944 bits per heavy atom. The summed E-state index contributed by atoms with van der Waals surface area (Å²) in [6, 6.07) is 0. The highest BCUT2D eigenvalue weighted by Crippen LogP contribution is 2.44. The van der Waals surface area contributed by atoms with Gasteiger partial charge in [0.1, 0.15) is 0 Å². The van der Waals surface area contributed by atoms with E-state index in [0.717, 1.165) is 44.5 Å². The lowest BCUT2D eigenvalue weighted by Gasteiger charge is -2.46. The summed E-state index contributed by atoms with van der Waals surface area (Å²) in [5, 5.41) is 0.428. The largest absolute Gasteiger partial charge is 0.381 e. The monoisotopic (exact) mass is 272 g/mol. The van der Waals surface area contributed by atoms with Crippen LogP contribution < -0.4 is 0 Å². The second-order valence-corrected chi connectivity index (χ2v) is 7.04. The number of alkyl halides is 1. The molecule has 104 valence electrons. The lowest BCUT2D eigenvalue weighted by atomic mass is 9.71. The molecule has 3 aliphatic rings. The smallest absolute Gasteiger partial charge is 0.0729 e. The predicted octanol–water partition coefficient (Wildman–Crippen LogP) is 3.76. The van der Waals surface area contributed by atoms with Gasteiger partial charge >= 0.3 is 0 Å². The van der Waals surface area contributed by atoms with Gasteiger partial charge in [0.15, 0.2) is 0 Å². The minimum absolute atomic E-state index is 0.153. The normalized spacial score (nSPS) is 40.8. The van der Waals surface area contributed by atoms with E-state index in [-0.39, 0.29) is 5.60 Å². The van der Waals surface area contributed by atoms with Crippen molar-refractivity contribution in [1.29, 1.82) is 0 Å². The fourth-order valence-corrected chi connectivity index (χ4v) is 4.54. The van der Waals surface area contributed by atoms with Crippen molar-refractivity contribution in [2.45, 2.75) is 62.3 Å². The summed E-state index contributed by atoms with van der Waals surface area (Å²) in [5.41, 5.74) is 0.153. The zero-order chi connectivity index (χ0) is 12.4. The number of hydrogen-bond acceptors (Lipinski definition) is 2. The molecule has 2 nitrogen and oxygen atoms in total. The molecule has 2 heterocycles. The van der Waals surface area contributed by atoms with Crippen LogP contribution in [0, 0.1) is 11.8 Å².